The van der Waals surface area contributed by atoms with Gasteiger partial charge in [-0.05, 0) is 0 Å². The zero-order valence-electron chi connectivity index (χ0n) is 23.8. The van der Waals surface area contributed by atoms with Crippen LogP contribution in [0.5, 0.6) is 0 Å². The molecule has 0 unspecified atom stereocenters. The fourth-order valence-electron chi connectivity index (χ4n) is 5.91. The molecule has 0 radical (unpaired) electrons. The van der Waals surface area contributed by atoms with Crippen LogP contribution in [-0.4, -0.2) is 65.6 Å². The van der Waals surface area contributed by atoms with Gasteiger partial charge in [0.05, 0.1) is 0 Å². The SMILES string of the molecule is CCCCN(CCCC)P1(N(CCCC)CCCC)(N(CCCC)CCCC)CC=CCC1. The van der Waals surface area contributed by atoms with E-state index in [2.05, 4.69) is 67.7 Å². The van der Waals surface area contributed by atoms with E-state index in [1.165, 1.54) is 135 Å². The first-order chi connectivity index (χ1) is 16.1. The Kier molecular flexibility index (Phi) is 16.5. The molecule has 0 saturated heterocycles. The number of rotatable bonds is 21. The minimum absolute atomic E-state index is 1.27. The molecule has 0 saturated carbocycles. The second-order valence-electron chi connectivity index (χ2n) is 10.5. The molecule has 0 atom stereocenters. The first kappa shape index (κ1) is 31.1. The van der Waals surface area contributed by atoms with Crippen LogP contribution in [0.3, 0.4) is 0 Å². The summed E-state index contributed by atoms with van der Waals surface area (Å²) in [7, 11) is -2.45. The van der Waals surface area contributed by atoms with Crippen LogP contribution in [0, 0.1) is 0 Å². The molecule has 1 heterocycles. The molecular weight excluding hydrogens is 421 g/mol. The van der Waals surface area contributed by atoms with E-state index in [0.29, 0.717) is 0 Å². The van der Waals surface area contributed by atoms with E-state index in [1.807, 2.05) is 0 Å². The summed E-state index contributed by atoms with van der Waals surface area (Å²) in [5, 5.41) is 0. The van der Waals surface area contributed by atoms with Crippen molar-refractivity contribution >= 4 is 7.06 Å². The molecule has 0 spiro atoms. The van der Waals surface area contributed by atoms with Gasteiger partial charge in [-0.3, -0.25) is 0 Å². The molecule has 1 rings (SSSR count). The van der Waals surface area contributed by atoms with Gasteiger partial charge in [-0.25, -0.2) is 0 Å². The van der Waals surface area contributed by atoms with Crippen LogP contribution < -0.4 is 0 Å². The Bertz CT molecular complexity index is 430. The number of hydrogen-bond acceptors (Lipinski definition) is 3. The van der Waals surface area contributed by atoms with Crippen LogP contribution in [0.4, 0.5) is 0 Å². The van der Waals surface area contributed by atoms with Crippen LogP contribution >= 0.6 is 7.06 Å². The zero-order chi connectivity index (χ0) is 24.4. The summed E-state index contributed by atoms with van der Waals surface area (Å²) in [6.07, 6.45) is 25.0. The Morgan fingerprint density at radius 3 is 1.00 bits per heavy atom. The summed E-state index contributed by atoms with van der Waals surface area (Å²) in [4.78, 5) is 0. The van der Waals surface area contributed by atoms with E-state index in [0.717, 1.165) is 0 Å². The molecule has 1 aliphatic rings. The summed E-state index contributed by atoms with van der Waals surface area (Å²) in [5.41, 5.74) is 0. The molecule has 0 N–H and O–H groups in total. The zero-order valence-corrected chi connectivity index (χ0v) is 24.7. The maximum absolute atomic E-state index is 3.17. The van der Waals surface area contributed by atoms with E-state index in [1.54, 1.807) is 0 Å². The summed E-state index contributed by atoms with van der Waals surface area (Å²) in [5.74, 6) is 0. The Balaban J connectivity index is 3.76. The Morgan fingerprint density at radius 1 is 0.485 bits per heavy atom. The van der Waals surface area contributed by atoms with E-state index >= 15 is 0 Å². The van der Waals surface area contributed by atoms with Gasteiger partial charge in [0.1, 0.15) is 0 Å². The van der Waals surface area contributed by atoms with Gasteiger partial charge in [0.2, 0.25) is 0 Å². The van der Waals surface area contributed by atoms with E-state index < -0.39 is 7.06 Å². The van der Waals surface area contributed by atoms with Crippen LogP contribution in [0.15, 0.2) is 12.2 Å². The fraction of sp³-hybridized carbons (Fsp3) is 0.931. The molecule has 0 aromatic heterocycles. The molecule has 33 heavy (non-hydrogen) atoms. The monoisotopic (exact) mass is 483 g/mol. The van der Waals surface area contributed by atoms with E-state index in [-0.39, 0.29) is 0 Å². The average Bonchev–Trinajstić information content (AvgIpc) is 2.84. The number of unbranched alkanes of at least 4 members (excludes halogenated alkanes) is 6. The van der Waals surface area contributed by atoms with Crippen LogP contribution in [0.2, 0.25) is 0 Å². The molecule has 4 heteroatoms. The van der Waals surface area contributed by atoms with Gasteiger partial charge < -0.3 is 0 Å². The van der Waals surface area contributed by atoms with Gasteiger partial charge >= 0.3 is 210 Å². The minimum atomic E-state index is -2.45. The van der Waals surface area contributed by atoms with Crippen molar-refractivity contribution in [2.45, 2.75) is 125 Å². The van der Waals surface area contributed by atoms with Crippen LogP contribution in [0.25, 0.3) is 0 Å². The Morgan fingerprint density at radius 2 is 0.788 bits per heavy atom. The van der Waals surface area contributed by atoms with Gasteiger partial charge in [-0.2, -0.15) is 0 Å². The van der Waals surface area contributed by atoms with E-state index in [9.17, 15) is 0 Å². The van der Waals surface area contributed by atoms with Gasteiger partial charge in [0.15, 0.2) is 0 Å². The van der Waals surface area contributed by atoms with Gasteiger partial charge in [0.25, 0.3) is 0 Å². The van der Waals surface area contributed by atoms with Crippen molar-refractivity contribution in [3.63, 3.8) is 0 Å². The predicted molar refractivity (Wildman–Crippen MR) is 155 cm³/mol. The summed E-state index contributed by atoms with van der Waals surface area (Å²) in [6, 6.07) is 0. The Labute approximate surface area is 209 Å². The Hall–Kier alpha value is 0.0500. The van der Waals surface area contributed by atoms with Crippen molar-refractivity contribution in [1.82, 2.24) is 14.0 Å². The quantitative estimate of drug-likeness (QED) is 0.119. The van der Waals surface area contributed by atoms with E-state index in [4.69, 9.17) is 0 Å². The predicted octanol–water partition coefficient (Wildman–Crippen LogP) is 8.95. The number of hydrogen-bond donors (Lipinski definition) is 0. The normalized spacial score (nSPS) is 18.8. The fourth-order valence-corrected chi connectivity index (χ4v) is 13.6. The molecule has 0 bridgehead atoms. The van der Waals surface area contributed by atoms with Crippen molar-refractivity contribution in [2.24, 2.45) is 0 Å². The van der Waals surface area contributed by atoms with Crippen LogP contribution in [0.1, 0.15) is 125 Å². The average molecular weight is 484 g/mol. The molecule has 198 valence electrons. The third kappa shape index (κ3) is 8.03. The maximum atomic E-state index is 3.17. The first-order valence-corrected chi connectivity index (χ1v) is 17.5. The summed E-state index contributed by atoms with van der Waals surface area (Å²) < 4.78 is 9.50. The molecule has 1 aliphatic heterocycles. The molecule has 0 fully saturated rings. The molecule has 0 aromatic carbocycles. The number of nitrogens with zero attached hydrogens (tertiary/aromatic N) is 3. The first-order valence-electron chi connectivity index (χ1n) is 15.0. The molecular formula is C29H62N3P. The standard InChI is InChI=1S/C29H62N3P/c1-7-13-22-30(23-14-8-2)33(28-20-19-21-29-33,31(24-15-9-3)25-16-10-4)32(26-17-11-5)27-18-12-6/h19-20H,7-18,21-29H2,1-6H3. The molecule has 0 aliphatic carbocycles. The summed E-state index contributed by atoms with van der Waals surface area (Å²) in [6.45, 7) is 22.1. The second-order valence-corrected chi connectivity index (χ2v) is 15.7. The van der Waals surface area contributed by atoms with Crippen molar-refractivity contribution in [2.75, 3.05) is 51.6 Å². The summed E-state index contributed by atoms with van der Waals surface area (Å²) >= 11 is 0. The van der Waals surface area contributed by atoms with Crippen molar-refractivity contribution < 1.29 is 0 Å². The van der Waals surface area contributed by atoms with Gasteiger partial charge in [-0.1, -0.05) is 0 Å². The van der Waals surface area contributed by atoms with Crippen LogP contribution in [-0.2, 0) is 0 Å². The molecule has 0 amide bonds. The molecule has 3 nitrogen and oxygen atoms in total. The van der Waals surface area contributed by atoms with Gasteiger partial charge in [0, 0.05) is 0 Å². The molecule has 0 aromatic rings. The topological polar surface area (TPSA) is 9.72 Å². The van der Waals surface area contributed by atoms with Crippen molar-refractivity contribution in [3.05, 3.63) is 12.2 Å². The van der Waals surface area contributed by atoms with Crippen molar-refractivity contribution in [1.29, 1.82) is 0 Å². The third-order valence-corrected chi connectivity index (χ3v) is 15.2. The number of allylic oxidation sites excluding steroid dienone is 2. The second kappa shape index (κ2) is 17.5. The van der Waals surface area contributed by atoms with Gasteiger partial charge in [-0.15, -0.1) is 0 Å². The van der Waals surface area contributed by atoms with Crippen molar-refractivity contribution in [3.8, 4) is 0 Å². The third-order valence-electron chi connectivity index (χ3n) is 7.98.